The zero-order valence-corrected chi connectivity index (χ0v) is 18.1. The quantitative estimate of drug-likeness (QED) is 0.700. The summed E-state index contributed by atoms with van der Waals surface area (Å²) in [7, 11) is 0. The van der Waals surface area contributed by atoms with Gasteiger partial charge in [0.15, 0.2) is 0 Å². The number of hydrogen-bond donors (Lipinski definition) is 2. The van der Waals surface area contributed by atoms with Crippen LogP contribution in [0.1, 0.15) is 42.4 Å². The number of nitrogens with zero attached hydrogens (tertiary/aromatic N) is 1. The number of benzene rings is 2. The number of piperidine rings is 2. The van der Waals surface area contributed by atoms with E-state index in [0.29, 0.717) is 24.9 Å². The van der Waals surface area contributed by atoms with Gasteiger partial charge >= 0.3 is 0 Å². The van der Waals surface area contributed by atoms with Crippen LogP contribution in [0.5, 0.6) is 0 Å². The van der Waals surface area contributed by atoms with Crippen molar-refractivity contribution in [2.45, 2.75) is 51.7 Å². The number of hydrogen-bond acceptors (Lipinski definition) is 3. The minimum atomic E-state index is 0.168. The molecule has 1 amide bonds. The highest BCUT2D eigenvalue weighted by Gasteiger charge is 2.35. The van der Waals surface area contributed by atoms with E-state index in [0.717, 1.165) is 31.8 Å². The highest BCUT2D eigenvalue weighted by Crippen LogP contribution is 2.31. The van der Waals surface area contributed by atoms with Crippen molar-refractivity contribution in [1.29, 1.82) is 0 Å². The van der Waals surface area contributed by atoms with Crippen molar-refractivity contribution in [2.24, 2.45) is 11.8 Å². The normalized spacial score (nSPS) is 23.8. The number of fused-ring (bicyclic) bond motifs is 2. The lowest BCUT2D eigenvalue weighted by molar-refractivity contribution is -0.121. The van der Waals surface area contributed by atoms with Crippen LogP contribution >= 0.6 is 0 Å². The van der Waals surface area contributed by atoms with Crippen molar-refractivity contribution >= 4 is 5.91 Å². The van der Waals surface area contributed by atoms with Crippen molar-refractivity contribution in [3.63, 3.8) is 0 Å². The van der Waals surface area contributed by atoms with Gasteiger partial charge in [-0.2, -0.15) is 0 Å². The molecule has 2 heterocycles. The van der Waals surface area contributed by atoms with E-state index < -0.39 is 0 Å². The molecule has 0 unspecified atom stereocenters. The SMILES string of the molecule is Cc1ccccc1CNC(=O)CCC[C@H]1NC[C@@H]2C[C@H]1CN(Cc1ccccc1)C2. The van der Waals surface area contributed by atoms with Crippen LogP contribution in [0.15, 0.2) is 54.6 Å². The molecule has 0 spiro atoms. The predicted octanol–water partition coefficient (Wildman–Crippen LogP) is 3.89. The summed E-state index contributed by atoms with van der Waals surface area (Å²) in [4.78, 5) is 14.9. The lowest BCUT2D eigenvalue weighted by Crippen LogP contribution is -2.55. The highest BCUT2D eigenvalue weighted by molar-refractivity contribution is 5.75. The van der Waals surface area contributed by atoms with Gasteiger partial charge in [0.2, 0.25) is 5.91 Å². The van der Waals surface area contributed by atoms with Gasteiger partial charge in [-0.05, 0) is 61.3 Å². The molecule has 2 saturated heterocycles. The Kier molecular flexibility index (Phi) is 7.19. The molecule has 0 aromatic heterocycles. The van der Waals surface area contributed by atoms with Crippen molar-refractivity contribution in [1.82, 2.24) is 15.5 Å². The lowest BCUT2D eigenvalue weighted by Gasteiger charge is -2.46. The minimum Gasteiger partial charge on any atom is -0.352 e. The molecular weight excluding hydrogens is 370 g/mol. The second-order valence-electron chi connectivity index (χ2n) is 9.15. The molecule has 0 saturated carbocycles. The van der Waals surface area contributed by atoms with Crippen LogP contribution in [0.4, 0.5) is 0 Å². The number of aryl methyl sites for hydroxylation is 1. The first kappa shape index (κ1) is 21.1. The van der Waals surface area contributed by atoms with Crippen molar-refractivity contribution in [2.75, 3.05) is 19.6 Å². The number of carbonyl (C=O) groups excluding carboxylic acids is 1. The standard InChI is InChI=1S/C26H35N3O/c1-20-8-5-6-11-23(20)16-28-26(30)13-7-12-25-24-14-22(15-27-25)18-29(19-24)17-21-9-3-2-4-10-21/h2-6,8-11,22,24-25,27H,7,12-19H2,1H3,(H,28,30)/t22-,24-,25+/m0/s1. The fraction of sp³-hybridized carbons (Fsp3) is 0.500. The Morgan fingerprint density at radius 2 is 1.90 bits per heavy atom. The topological polar surface area (TPSA) is 44.4 Å². The molecule has 2 fully saturated rings. The molecule has 0 aliphatic carbocycles. The molecular formula is C26H35N3O. The van der Waals surface area contributed by atoms with E-state index in [1.807, 2.05) is 12.1 Å². The Labute approximate surface area is 181 Å². The van der Waals surface area contributed by atoms with E-state index in [9.17, 15) is 4.79 Å². The van der Waals surface area contributed by atoms with Gasteiger partial charge in [-0.25, -0.2) is 0 Å². The van der Waals surface area contributed by atoms with Gasteiger partial charge in [0.1, 0.15) is 0 Å². The molecule has 2 aromatic carbocycles. The van der Waals surface area contributed by atoms with E-state index in [1.165, 1.54) is 36.2 Å². The summed E-state index contributed by atoms with van der Waals surface area (Å²) in [6.45, 7) is 7.27. The molecule has 3 atom stereocenters. The van der Waals surface area contributed by atoms with Crippen LogP contribution in [0.2, 0.25) is 0 Å². The van der Waals surface area contributed by atoms with Gasteiger partial charge in [-0.3, -0.25) is 9.69 Å². The average Bonchev–Trinajstić information content (AvgIpc) is 2.75. The van der Waals surface area contributed by atoms with E-state index >= 15 is 0 Å². The zero-order valence-electron chi connectivity index (χ0n) is 18.1. The van der Waals surface area contributed by atoms with Crippen molar-refractivity contribution < 1.29 is 4.79 Å². The maximum atomic E-state index is 12.3. The molecule has 4 heteroatoms. The van der Waals surface area contributed by atoms with Gasteiger partial charge in [-0.1, -0.05) is 54.6 Å². The van der Waals surface area contributed by atoms with Gasteiger partial charge < -0.3 is 10.6 Å². The maximum absolute atomic E-state index is 12.3. The molecule has 4 nitrogen and oxygen atoms in total. The molecule has 160 valence electrons. The fourth-order valence-corrected chi connectivity index (χ4v) is 5.15. The monoisotopic (exact) mass is 405 g/mol. The largest absolute Gasteiger partial charge is 0.352 e. The van der Waals surface area contributed by atoms with E-state index in [1.54, 1.807) is 0 Å². The maximum Gasteiger partial charge on any atom is 0.220 e. The third-order valence-electron chi connectivity index (χ3n) is 6.79. The van der Waals surface area contributed by atoms with Gasteiger partial charge in [0.05, 0.1) is 0 Å². The molecule has 0 radical (unpaired) electrons. The first-order valence-corrected chi connectivity index (χ1v) is 11.5. The molecule has 2 aliphatic heterocycles. The molecule has 2 aromatic rings. The van der Waals surface area contributed by atoms with Gasteiger partial charge in [0.25, 0.3) is 0 Å². The summed E-state index contributed by atoms with van der Waals surface area (Å²) in [6.07, 6.45) is 4.00. The summed E-state index contributed by atoms with van der Waals surface area (Å²) >= 11 is 0. The highest BCUT2D eigenvalue weighted by atomic mass is 16.1. The van der Waals surface area contributed by atoms with Crippen LogP contribution < -0.4 is 10.6 Å². The number of likely N-dealkylation sites (tertiary alicyclic amines) is 1. The third kappa shape index (κ3) is 5.71. The van der Waals surface area contributed by atoms with Crippen LogP contribution in [-0.2, 0) is 17.9 Å². The fourth-order valence-electron chi connectivity index (χ4n) is 5.15. The number of amides is 1. The van der Waals surface area contributed by atoms with Gasteiger partial charge in [-0.15, -0.1) is 0 Å². The van der Waals surface area contributed by atoms with Crippen LogP contribution in [0.25, 0.3) is 0 Å². The molecule has 30 heavy (non-hydrogen) atoms. The summed E-state index contributed by atoms with van der Waals surface area (Å²) in [5.41, 5.74) is 3.84. The molecule has 4 rings (SSSR count). The minimum absolute atomic E-state index is 0.168. The number of rotatable bonds is 8. The Morgan fingerprint density at radius 1 is 1.10 bits per heavy atom. The van der Waals surface area contributed by atoms with Crippen molar-refractivity contribution in [3.8, 4) is 0 Å². The van der Waals surface area contributed by atoms with Crippen molar-refractivity contribution in [3.05, 3.63) is 71.3 Å². The lowest BCUT2D eigenvalue weighted by atomic mass is 9.79. The Hall–Kier alpha value is -2.17. The molecule has 2 N–H and O–H groups in total. The average molecular weight is 406 g/mol. The summed E-state index contributed by atoms with van der Waals surface area (Å²) in [5.74, 6) is 1.64. The number of nitrogens with one attached hydrogen (secondary N) is 2. The van der Waals surface area contributed by atoms with Crippen LogP contribution in [0, 0.1) is 18.8 Å². The van der Waals surface area contributed by atoms with Crippen LogP contribution in [0.3, 0.4) is 0 Å². The first-order chi connectivity index (χ1) is 14.7. The Morgan fingerprint density at radius 3 is 2.73 bits per heavy atom. The van der Waals surface area contributed by atoms with Crippen LogP contribution in [-0.4, -0.2) is 36.5 Å². The zero-order chi connectivity index (χ0) is 20.8. The molecule has 2 aliphatic rings. The second-order valence-corrected chi connectivity index (χ2v) is 9.15. The summed E-state index contributed by atoms with van der Waals surface area (Å²) in [6, 6.07) is 19.6. The summed E-state index contributed by atoms with van der Waals surface area (Å²) < 4.78 is 0. The summed E-state index contributed by atoms with van der Waals surface area (Å²) in [5, 5.41) is 6.87. The first-order valence-electron chi connectivity index (χ1n) is 11.5. The van der Waals surface area contributed by atoms with E-state index in [-0.39, 0.29) is 5.91 Å². The Bertz CT molecular complexity index is 822. The smallest absolute Gasteiger partial charge is 0.220 e. The Balaban J connectivity index is 1.20. The van der Waals surface area contributed by atoms with Gasteiger partial charge in [0, 0.05) is 38.6 Å². The van der Waals surface area contributed by atoms with E-state index in [2.05, 4.69) is 64.9 Å². The third-order valence-corrected chi connectivity index (χ3v) is 6.79. The second kappa shape index (κ2) is 10.2. The number of carbonyl (C=O) groups is 1. The molecule has 2 bridgehead atoms. The van der Waals surface area contributed by atoms with E-state index in [4.69, 9.17) is 0 Å². The predicted molar refractivity (Wildman–Crippen MR) is 122 cm³/mol.